The normalized spacial score (nSPS) is 11.0. The number of rotatable bonds is 11. The van der Waals surface area contributed by atoms with Gasteiger partial charge in [-0.25, -0.2) is 0 Å². The molecule has 2 rings (SSSR count). The van der Waals surface area contributed by atoms with Gasteiger partial charge in [0, 0.05) is 18.3 Å². The van der Waals surface area contributed by atoms with E-state index in [0.717, 1.165) is 43.7 Å². The third-order valence-electron chi connectivity index (χ3n) is 4.68. The molecule has 0 saturated carbocycles. The van der Waals surface area contributed by atoms with Crippen LogP contribution in [0, 0.1) is 13.8 Å². The van der Waals surface area contributed by atoms with Gasteiger partial charge in [0.2, 0.25) is 0 Å². The van der Waals surface area contributed by atoms with Gasteiger partial charge in [0.15, 0.2) is 0 Å². The summed E-state index contributed by atoms with van der Waals surface area (Å²) in [6.07, 6.45) is 6.84. The maximum atomic E-state index is 6.18. The molecule has 0 N–H and O–H groups in total. The molecule has 0 amide bonds. The largest absolute Gasteiger partial charge is 0.497 e. The van der Waals surface area contributed by atoms with Gasteiger partial charge in [-0.3, -0.25) is 4.68 Å². The number of ether oxygens (including phenoxy) is 2. The van der Waals surface area contributed by atoms with Crippen LogP contribution in [0.5, 0.6) is 11.5 Å². The first kappa shape index (κ1) is 20.6. The zero-order valence-electron chi connectivity index (χ0n) is 16.5. The van der Waals surface area contributed by atoms with E-state index in [1.54, 1.807) is 13.2 Å². The number of hydrogen-bond donors (Lipinski definition) is 0. The first-order valence-corrected chi connectivity index (χ1v) is 9.93. The first-order valence-electron chi connectivity index (χ1n) is 9.56. The van der Waals surface area contributed by atoms with Gasteiger partial charge in [0.25, 0.3) is 0 Å². The monoisotopic (exact) mass is 378 g/mol. The van der Waals surface area contributed by atoms with Gasteiger partial charge in [0.05, 0.1) is 24.4 Å². The topological polar surface area (TPSA) is 36.3 Å². The Morgan fingerprint density at radius 1 is 1.12 bits per heavy atom. The highest BCUT2D eigenvalue weighted by Crippen LogP contribution is 2.28. The van der Waals surface area contributed by atoms with E-state index in [4.69, 9.17) is 21.1 Å². The van der Waals surface area contributed by atoms with Crippen molar-refractivity contribution in [1.29, 1.82) is 0 Å². The lowest BCUT2D eigenvalue weighted by Crippen LogP contribution is -2.01. The molecule has 0 spiro atoms. The number of aromatic nitrogens is 2. The van der Waals surface area contributed by atoms with Crippen LogP contribution in [-0.4, -0.2) is 23.5 Å². The van der Waals surface area contributed by atoms with Gasteiger partial charge in [0.1, 0.15) is 11.5 Å². The first-order chi connectivity index (χ1) is 12.6. The fourth-order valence-corrected chi connectivity index (χ4v) is 3.42. The van der Waals surface area contributed by atoms with Gasteiger partial charge in [-0.2, -0.15) is 5.10 Å². The van der Waals surface area contributed by atoms with Crippen molar-refractivity contribution in [3.05, 3.63) is 40.2 Å². The number of nitrogens with zero attached hydrogens (tertiary/aromatic N) is 2. The molecule has 0 radical (unpaired) electrons. The van der Waals surface area contributed by atoms with Crippen LogP contribution in [0.2, 0.25) is 5.02 Å². The van der Waals surface area contributed by atoms with Crippen molar-refractivity contribution in [3.8, 4) is 11.5 Å². The number of unbranched alkanes of at least 4 members (excludes halogenated alkanes) is 3. The Morgan fingerprint density at radius 3 is 2.58 bits per heavy atom. The van der Waals surface area contributed by atoms with Crippen LogP contribution in [0.25, 0.3) is 0 Å². The molecule has 0 atom stereocenters. The van der Waals surface area contributed by atoms with Crippen molar-refractivity contribution in [1.82, 2.24) is 9.78 Å². The Balaban J connectivity index is 1.66. The number of benzene rings is 1. The average molecular weight is 379 g/mol. The molecule has 0 bridgehead atoms. The van der Waals surface area contributed by atoms with Crippen LogP contribution in [0.4, 0.5) is 0 Å². The van der Waals surface area contributed by atoms with E-state index in [1.165, 1.54) is 29.8 Å². The number of methoxy groups -OCH3 is 1. The molecule has 1 heterocycles. The summed E-state index contributed by atoms with van der Waals surface area (Å²) in [5.74, 6) is 1.47. The highest BCUT2D eigenvalue weighted by Gasteiger charge is 2.10. The molecule has 0 aliphatic heterocycles. The fraction of sp³-hybridized carbons (Fsp3) is 0.571. The minimum Gasteiger partial charge on any atom is -0.497 e. The number of aryl methyl sites for hydroxylation is 2. The number of hydrogen-bond acceptors (Lipinski definition) is 3. The average Bonchev–Trinajstić information content (AvgIpc) is 2.89. The van der Waals surface area contributed by atoms with Gasteiger partial charge in [-0.1, -0.05) is 31.4 Å². The minimum absolute atomic E-state index is 0.597. The molecule has 0 aliphatic carbocycles. The zero-order chi connectivity index (χ0) is 18.9. The van der Waals surface area contributed by atoms with Crippen LogP contribution in [0.15, 0.2) is 18.2 Å². The van der Waals surface area contributed by atoms with E-state index < -0.39 is 0 Å². The Labute approximate surface area is 162 Å². The molecule has 5 heteroatoms. The van der Waals surface area contributed by atoms with Gasteiger partial charge in [-0.15, -0.1) is 0 Å². The Hall–Kier alpha value is -1.68. The quantitative estimate of drug-likeness (QED) is 0.467. The standard InChI is InChI=1S/C21H31ClN2O2/c1-5-13-24-17(3)19(16(2)23-24)10-8-6-7-9-14-26-21-12-11-18(25-4)15-20(21)22/h11-12,15H,5-10,13-14H2,1-4H3. The summed E-state index contributed by atoms with van der Waals surface area (Å²) in [7, 11) is 1.63. The van der Waals surface area contributed by atoms with Gasteiger partial charge < -0.3 is 9.47 Å². The molecule has 0 unspecified atom stereocenters. The lowest BCUT2D eigenvalue weighted by atomic mass is 10.0. The van der Waals surface area contributed by atoms with Crippen LogP contribution < -0.4 is 9.47 Å². The molecular weight excluding hydrogens is 348 g/mol. The second-order valence-corrected chi connectivity index (χ2v) is 7.09. The Kier molecular flexibility index (Phi) is 8.30. The van der Waals surface area contributed by atoms with Crippen LogP contribution in [-0.2, 0) is 13.0 Å². The van der Waals surface area contributed by atoms with E-state index in [2.05, 4.69) is 30.6 Å². The highest BCUT2D eigenvalue weighted by atomic mass is 35.5. The summed E-state index contributed by atoms with van der Waals surface area (Å²) in [4.78, 5) is 0. The third-order valence-corrected chi connectivity index (χ3v) is 4.98. The van der Waals surface area contributed by atoms with E-state index in [0.29, 0.717) is 11.6 Å². The molecule has 26 heavy (non-hydrogen) atoms. The van der Waals surface area contributed by atoms with Crippen molar-refractivity contribution < 1.29 is 9.47 Å². The second-order valence-electron chi connectivity index (χ2n) is 6.68. The van der Waals surface area contributed by atoms with Crippen molar-refractivity contribution in [3.63, 3.8) is 0 Å². The molecule has 1 aromatic heterocycles. The molecule has 4 nitrogen and oxygen atoms in total. The van der Waals surface area contributed by atoms with E-state index >= 15 is 0 Å². The molecule has 0 aliphatic rings. The van der Waals surface area contributed by atoms with Crippen LogP contribution in [0.1, 0.15) is 56.0 Å². The summed E-state index contributed by atoms with van der Waals surface area (Å²) in [6.45, 7) is 8.21. The maximum absolute atomic E-state index is 6.18. The maximum Gasteiger partial charge on any atom is 0.138 e. The summed E-state index contributed by atoms with van der Waals surface area (Å²) in [6, 6.07) is 5.51. The van der Waals surface area contributed by atoms with Crippen molar-refractivity contribution in [2.45, 2.75) is 65.8 Å². The molecule has 0 fully saturated rings. The van der Waals surface area contributed by atoms with Crippen molar-refractivity contribution in [2.24, 2.45) is 0 Å². The summed E-state index contributed by atoms with van der Waals surface area (Å²) in [5, 5.41) is 5.25. The molecule has 0 saturated heterocycles. The summed E-state index contributed by atoms with van der Waals surface area (Å²) in [5.41, 5.74) is 3.95. The predicted molar refractivity (Wildman–Crippen MR) is 108 cm³/mol. The fourth-order valence-electron chi connectivity index (χ4n) is 3.19. The van der Waals surface area contributed by atoms with Crippen molar-refractivity contribution in [2.75, 3.05) is 13.7 Å². The number of halogens is 1. The SMILES string of the molecule is CCCn1nc(C)c(CCCCCCOc2ccc(OC)cc2Cl)c1C. The molecule has 1 aromatic carbocycles. The lowest BCUT2D eigenvalue weighted by Gasteiger charge is -2.09. The van der Waals surface area contributed by atoms with E-state index in [9.17, 15) is 0 Å². The van der Waals surface area contributed by atoms with E-state index in [1.807, 2.05) is 12.1 Å². The van der Waals surface area contributed by atoms with Crippen LogP contribution >= 0.6 is 11.6 Å². The van der Waals surface area contributed by atoms with Crippen LogP contribution in [0.3, 0.4) is 0 Å². The van der Waals surface area contributed by atoms with Crippen molar-refractivity contribution >= 4 is 11.6 Å². The summed E-state index contributed by atoms with van der Waals surface area (Å²) < 4.78 is 13.1. The molecule has 144 valence electrons. The smallest absolute Gasteiger partial charge is 0.138 e. The highest BCUT2D eigenvalue weighted by molar-refractivity contribution is 6.32. The lowest BCUT2D eigenvalue weighted by molar-refractivity contribution is 0.304. The zero-order valence-corrected chi connectivity index (χ0v) is 17.2. The Morgan fingerprint density at radius 2 is 1.88 bits per heavy atom. The Bertz CT molecular complexity index is 698. The van der Waals surface area contributed by atoms with E-state index in [-0.39, 0.29) is 0 Å². The molecular formula is C21H31ClN2O2. The second kappa shape index (κ2) is 10.5. The third kappa shape index (κ3) is 5.66. The summed E-state index contributed by atoms with van der Waals surface area (Å²) >= 11 is 6.18. The van der Waals surface area contributed by atoms with Gasteiger partial charge in [-0.05, 0) is 57.2 Å². The van der Waals surface area contributed by atoms with Gasteiger partial charge >= 0.3 is 0 Å². The minimum atomic E-state index is 0.597. The predicted octanol–water partition coefficient (Wildman–Crippen LogP) is 5.75. The molecule has 2 aromatic rings.